The highest BCUT2D eigenvalue weighted by Gasteiger charge is 2.15. The maximum absolute atomic E-state index is 5.91. The van der Waals surface area contributed by atoms with Crippen molar-refractivity contribution >= 4 is 29.7 Å². The van der Waals surface area contributed by atoms with Gasteiger partial charge >= 0.3 is 0 Å². The second-order valence-electron chi connectivity index (χ2n) is 3.05. The molecule has 3 N–H and O–H groups in total. The number of nitrogens with two attached hydrogens (primary N) is 1. The fraction of sp³-hybridized carbons (Fsp3) is 0.333. The molecule has 2 nitrogen and oxygen atoms in total. The van der Waals surface area contributed by atoms with Crippen LogP contribution in [0.3, 0.4) is 0 Å². The van der Waals surface area contributed by atoms with Gasteiger partial charge in [-0.15, -0.1) is 12.4 Å². The zero-order valence-electron chi connectivity index (χ0n) is 7.09. The van der Waals surface area contributed by atoms with Gasteiger partial charge in [0.05, 0.1) is 0 Å². The Kier molecular flexibility index (Phi) is 3.42. The molecule has 1 aliphatic heterocycles. The SMILES string of the molecule is Cl.NC1CCNc2cc(Cl)ccc21. The zero-order valence-corrected chi connectivity index (χ0v) is 8.66. The fourth-order valence-corrected chi connectivity index (χ4v) is 1.69. The summed E-state index contributed by atoms with van der Waals surface area (Å²) in [7, 11) is 0. The first-order valence-corrected chi connectivity index (χ1v) is 4.44. The van der Waals surface area contributed by atoms with Crippen molar-refractivity contribution in [2.45, 2.75) is 12.5 Å². The Morgan fingerprint density at radius 3 is 3.00 bits per heavy atom. The fourth-order valence-electron chi connectivity index (χ4n) is 1.52. The Bertz CT molecular complexity index is 302. The first-order valence-electron chi connectivity index (χ1n) is 4.06. The van der Waals surface area contributed by atoms with Crippen LogP contribution in [-0.2, 0) is 0 Å². The summed E-state index contributed by atoms with van der Waals surface area (Å²) < 4.78 is 0. The van der Waals surface area contributed by atoms with Gasteiger partial charge in [-0.05, 0) is 24.1 Å². The van der Waals surface area contributed by atoms with Crippen LogP contribution in [0.5, 0.6) is 0 Å². The van der Waals surface area contributed by atoms with E-state index in [1.54, 1.807) is 0 Å². The van der Waals surface area contributed by atoms with E-state index in [1.165, 1.54) is 5.56 Å². The third-order valence-corrected chi connectivity index (χ3v) is 2.42. The number of hydrogen-bond donors (Lipinski definition) is 2. The average Bonchev–Trinajstić information content (AvgIpc) is 2.04. The molecule has 1 unspecified atom stereocenters. The van der Waals surface area contributed by atoms with Crippen LogP contribution in [0.2, 0.25) is 5.02 Å². The van der Waals surface area contributed by atoms with E-state index in [0.717, 1.165) is 23.7 Å². The summed E-state index contributed by atoms with van der Waals surface area (Å²) in [5.74, 6) is 0. The lowest BCUT2D eigenvalue weighted by molar-refractivity contribution is 0.655. The second kappa shape index (κ2) is 4.18. The van der Waals surface area contributed by atoms with Crippen LogP contribution in [0.1, 0.15) is 18.0 Å². The van der Waals surface area contributed by atoms with Crippen LogP contribution in [0.25, 0.3) is 0 Å². The van der Waals surface area contributed by atoms with E-state index in [0.29, 0.717) is 0 Å². The third-order valence-electron chi connectivity index (χ3n) is 2.19. The minimum atomic E-state index is 0. The van der Waals surface area contributed by atoms with Crippen molar-refractivity contribution in [1.29, 1.82) is 0 Å². The first kappa shape index (κ1) is 10.6. The van der Waals surface area contributed by atoms with E-state index in [2.05, 4.69) is 5.32 Å². The number of fused-ring (bicyclic) bond motifs is 1. The van der Waals surface area contributed by atoms with E-state index in [1.807, 2.05) is 18.2 Å². The Labute approximate surface area is 88.9 Å². The molecule has 1 aromatic rings. The summed E-state index contributed by atoms with van der Waals surface area (Å²) in [4.78, 5) is 0. The van der Waals surface area contributed by atoms with Crippen LogP contribution in [0.4, 0.5) is 5.69 Å². The predicted molar refractivity (Wildman–Crippen MR) is 58.7 cm³/mol. The van der Waals surface area contributed by atoms with E-state index >= 15 is 0 Å². The molecule has 0 aromatic heterocycles. The number of benzene rings is 1. The Balaban J connectivity index is 0.000000845. The molecule has 0 spiro atoms. The highest BCUT2D eigenvalue weighted by Crippen LogP contribution is 2.30. The summed E-state index contributed by atoms with van der Waals surface area (Å²) in [5, 5.41) is 4.03. The lowest BCUT2D eigenvalue weighted by Gasteiger charge is -2.23. The molecule has 0 radical (unpaired) electrons. The summed E-state index contributed by atoms with van der Waals surface area (Å²) in [5.41, 5.74) is 8.17. The van der Waals surface area contributed by atoms with Crippen LogP contribution in [-0.4, -0.2) is 6.54 Å². The molecule has 0 fully saturated rings. The normalized spacial score (nSPS) is 19.7. The number of anilines is 1. The van der Waals surface area contributed by atoms with E-state index in [9.17, 15) is 0 Å². The van der Waals surface area contributed by atoms with Gasteiger partial charge in [0.15, 0.2) is 0 Å². The summed E-state index contributed by atoms with van der Waals surface area (Å²) in [6.07, 6.45) is 0.995. The molecule has 13 heavy (non-hydrogen) atoms. The lowest BCUT2D eigenvalue weighted by Crippen LogP contribution is -2.22. The summed E-state index contributed by atoms with van der Waals surface area (Å²) in [6, 6.07) is 5.97. The smallest absolute Gasteiger partial charge is 0.0426 e. The molecule has 0 amide bonds. The first-order chi connectivity index (χ1) is 5.77. The van der Waals surface area contributed by atoms with Crippen LogP contribution in [0, 0.1) is 0 Å². The van der Waals surface area contributed by atoms with Crippen LogP contribution < -0.4 is 11.1 Å². The minimum Gasteiger partial charge on any atom is -0.385 e. The summed E-state index contributed by atoms with van der Waals surface area (Å²) >= 11 is 5.84. The molecule has 0 aliphatic carbocycles. The van der Waals surface area contributed by atoms with Gasteiger partial charge in [-0.2, -0.15) is 0 Å². The number of hydrogen-bond acceptors (Lipinski definition) is 2. The van der Waals surface area contributed by atoms with Crippen LogP contribution in [0.15, 0.2) is 18.2 Å². The van der Waals surface area contributed by atoms with Crippen molar-refractivity contribution in [2.75, 3.05) is 11.9 Å². The average molecular weight is 219 g/mol. The molecule has 1 aliphatic rings. The molecular formula is C9H12Cl2N2. The van der Waals surface area contributed by atoms with Crippen LogP contribution >= 0.6 is 24.0 Å². The van der Waals surface area contributed by atoms with Crippen molar-refractivity contribution in [3.8, 4) is 0 Å². The van der Waals surface area contributed by atoms with Gasteiger partial charge in [0.2, 0.25) is 0 Å². The van der Waals surface area contributed by atoms with Gasteiger partial charge in [-0.1, -0.05) is 17.7 Å². The molecule has 0 saturated carbocycles. The zero-order chi connectivity index (χ0) is 8.55. The maximum Gasteiger partial charge on any atom is 0.0426 e. The second-order valence-corrected chi connectivity index (χ2v) is 3.49. The molecule has 1 heterocycles. The number of halogens is 2. The Morgan fingerprint density at radius 2 is 2.23 bits per heavy atom. The molecule has 72 valence electrons. The Morgan fingerprint density at radius 1 is 1.46 bits per heavy atom. The minimum absolute atomic E-state index is 0. The van der Waals surface area contributed by atoms with Crippen molar-refractivity contribution in [2.24, 2.45) is 5.73 Å². The van der Waals surface area contributed by atoms with Gasteiger partial charge in [0.1, 0.15) is 0 Å². The lowest BCUT2D eigenvalue weighted by atomic mass is 9.99. The van der Waals surface area contributed by atoms with E-state index in [-0.39, 0.29) is 18.4 Å². The van der Waals surface area contributed by atoms with Gasteiger partial charge in [-0.25, -0.2) is 0 Å². The standard InChI is InChI=1S/C9H11ClN2.ClH/c10-6-1-2-7-8(11)3-4-12-9(7)5-6;/h1-2,5,8,12H,3-4,11H2;1H. The molecule has 1 aromatic carbocycles. The van der Waals surface area contributed by atoms with Gasteiger partial charge in [0.25, 0.3) is 0 Å². The van der Waals surface area contributed by atoms with Gasteiger partial charge < -0.3 is 11.1 Å². The van der Waals surface area contributed by atoms with Crippen molar-refractivity contribution in [3.05, 3.63) is 28.8 Å². The molecule has 4 heteroatoms. The maximum atomic E-state index is 5.91. The highest BCUT2D eigenvalue weighted by atomic mass is 35.5. The topological polar surface area (TPSA) is 38.0 Å². The van der Waals surface area contributed by atoms with Crippen molar-refractivity contribution in [1.82, 2.24) is 0 Å². The largest absolute Gasteiger partial charge is 0.385 e. The highest BCUT2D eigenvalue weighted by molar-refractivity contribution is 6.30. The number of rotatable bonds is 0. The monoisotopic (exact) mass is 218 g/mol. The predicted octanol–water partition coefficient (Wildman–Crippen LogP) is 2.58. The molecule has 0 saturated heterocycles. The van der Waals surface area contributed by atoms with E-state index < -0.39 is 0 Å². The Hall–Kier alpha value is -0.440. The van der Waals surface area contributed by atoms with Gasteiger partial charge in [-0.3, -0.25) is 0 Å². The van der Waals surface area contributed by atoms with E-state index in [4.69, 9.17) is 17.3 Å². The van der Waals surface area contributed by atoms with Crippen molar-refractivity contribution in [3.63, 3.8) is 0 Å². The quantitative estimate of drug-likeness (QED) is 0.703. The van der Waals surface area contributed by atoms with Crippen molar-refractivity contribution < 1.29 is 0 Å². The molecule has 2 rings (SSSR count). The molecular weight excluding hydrogens is 207 g/mol. The molecule has 1 atom stereocenters. The number of nitrogens with one attached hydrogen (secondary N) is 1. The summed E-state index contributed by atoms with van der Waals surface area (Å²) in [6.45, 7) is 0.939. The van der Waals surface area contributed by atoms with Gasteiger partial charge in [0, 0.05) is 23.3 Å². The third kappa shape index (κ3) is 2.08. The molecule has 0 bridgehead atoms.